The number of rotatable bonds is 3. The van der Waals surface area contributed by atoms with Crippen LogP contribution in [0.15, 0.2) is 53.0 Å². The van der Waals surface area contributed by atoms with Gasteiger partial charge in [0.05, 0.1) is 0 Å². The Morgan fingerprint density at radius 3 is 2.58 bits per heavy atom. The van der Waals surface area contributed by atoms with Crippen LogP contribution in [0.25, 0.3) is 0 Å². The molecule has 0 fully saturated rings. The number of benzene rings is 2. The van der Waals surface area contributed by atoms with Gasteiger partial charge in [0.2, 0.25) is 0 Å². The van der Waals surface area contributed by atoms with E-state index in [4.69, 9.17) is 0 Å². The van der Waals surface area contributed by atoms with Crippen molar-refractivity contribution in [2.24, 2.45) is 0 Å². The van der Waals surface area contributed by atoms with E-state index in [1.165, 1.54) is 0 Å². The summed E-state index contributed by atoms with van der Waals surface area (Å²) in [5.41, 5.74) is 2.21. The predicted molar refractivity (Wildman–Crippen MR) is 78.9 cm³/mol. The average molecular weight is 320 g/mol. The molecule has 19 heavy (non-hydrogen) atoms. The van der Waals surface area contributed by atoms with Crippen molar-refractivity contribution in [1.29, 1.82) is 0 Å². The fraction of sp³-hybridized carbons (Fsp3) is 0.133. The van der Waals surface area contributed by atoms with E-state index in [1.807, 2.05) is 31.2 Å². The molecule has 0 heterocycles. The van der Waals surface area contributed by atoms with Gasteiger partial charge in [0.1, 0.15) is 0 Å². The Hall–Kier alpha value is -1.65. The number of hydrogen-bond donors (Lipinski definition) is 2. The number of nitrogens with one attached hydrogen (secondary N) is 1. The maximum Gasteiger partial charge on any atom is 0.257 e. The van der Waals surface area contributed by atoms with E-state index in [-0.39, 0.29) is 0 Å². The van der Waals surface area contributed by atoms with Crippen LogP contribution in [0, 0.1) is 6.92 Å². The van der Waals surface area contributed by atoms with Gasteiger partial charge in [-0.15, -0.1) is 0 Å². The summed E-state index contributed by atoms with van der Waals surface area (Å²) in [6.07, 6.45) is -1.17. The summed E-state index contributed by atoms with van der Waals surface area (Å²) >= 11 is 3.35. The van der Waals surface area contributed by atoms with E-state index in [1.54, 1.807) is 24.3 Å². The Morgan fingerprint density at radius 1 is 1.21 bits per heavy atom. The minimum Gasteiger partial charge on any atom is -0.378 e. The molecule has 0 saturated carbocycles. The third-order valence-corrected chi connectivity index (χ3v) is 3.31. The number of aryl methyl sites for hydroxylation is 1. The molecular weight excluding hydrogens is 306 g/mol. The van der Waals surface area contributed by atoms with Gasteiger partial charge in [-0.3, -0.25) is 4.79 Å². The van der Waals surface area contributed by atoms with Crippen molar-refractivity contribution in [2.45, 2.75) is 13.0 Å². The zero-order valence-electron chi connectivity index (χ0n) is 10.4. The molecule has 2 aromatic rings. The first kappa shape index (κ1) is 13.8. The van der Waals surface area contributed by atoms with Crippen molar-refractivity contribution in [3.05, 3.63) is 64.1 Å². The van der Waals surface area contributed by atoms with Gasteiger partial charge < -0.3 is 10.4 Å². The van der Waals surface area contributed by atoms with Crippen LogP contribution in [0.4, 0.5) is 5.69 Å². The lowest BCUT2D eigenvalue weighted by atomic mass is 10.1. The molecule has 2 aromatic carbocycles. The molecule has 98 valence electrons. The second-order valence-electron chi connectivity index (χ2n) is 4.26. The van der Waals surface area contributed by atoms with Crippen molar-refractivity contribution in [1.82, 2.24) is 0 Å². The summed E-state index contributed by atoms with van der Waals surface area (Å²) in [7, 11) is 0. The van der Waals surface area contributed by atoms with Gasteiger partial charge in [0, 0.05) is 10.2 Å². The van der Waals surface area contributed by atoms with E-state index >= 15 is 0 Å². The van der Waals surface area contributed by atoms with Gasteiger partial charge >= 0.3 is 0 Å². The molecule has 1 atom stereocenters. The quantitative estimate of drug-likeness (QED) is 0.910. The van der Waals surface area contributed by atoms with Crippen LogP contribution in [0.3, 0.4) is 0 Å². The topological polar surface area (TPSA) is 49.3 Å². The summed E-state index contributed by atoms with van der Waals surface area (Å²) in [4.78, 5) is 12.0. The number of hydrogen-bond acceptors (Lipinski definition) is 2. The van der Waals surface area contributed by atoms with Crippen molar-refractivity contribution in [3.63, 3.8) is 0 Å². The van der Waals surface area contributed by atoms with E-state index in [0.29, 0.717) is 11.3 Å². The molecule has 1 amide bonds. The highest BCUT2D eigenvalue weighted by Gasteiger charge is 2.17. The highest BCUT2D eigenvalue weighted by Crippen LogP contribution is 2.22. The van der Waals surface area contributed by atoms with Crippen molar-refractivity contribution >= 4 is 27.5 Å². The third-order valence-electron chi connectivity index (χ3n) is 2.82. The number of aliphatic hydroxyl groups excluding tert-OH is 1. The van der Waals surface area contributed by atoms with Crippen LogP contribution in [0.5, 0.6) is 0 Å². The first-order valence-electron chi connectivity index (χ1n) is 5.88. The zero-order chi connectivity index (χ0) is 13.8. The summed E-state index contributed by atoms with van der Waals surface area (Å²) in [5.74, 6) is -0.438. The van der Waals surface area contributed by atoms with Crippen LogP contribution >= 0.6 is 15.9 Å². The summed E-state index contributed by atoms with van der Waals surface area (Å²) in [6.45, 7) is 1.90. The Morgan fingerprint density at radius 2 is 1.89 bits per heavy atom. The molecule has 0 spiro atoms. The van der Waals surface area contributed by atoms with Crippen LogP contribution in [0.2, 0.25) is 0 Å². The van der Waals surface area contributed by atoms with Crippen LogP contribution in [-0.2, 0) is 4.79 Å². The average Bonchev–Trinajstić information content (AvgIpc) is 2.43. The van der Waals surface area contributed by atoms with Crippen LogP contribution in [-0.4, -0.2) is 11.0 Å². The normalized spacial score (nSPS) is 11.9. The molecule has 2 N–H and O–H groups in total. The highest BCUT2D eigenvalue weighted by molar-refractivity contribution is 9.10. The van der Waals surface area contributed by atoms with Gasteiger partial charge in [-0.1, -0.05) is 52.3 Å². The molecule has 2 rings (SSSR count). The lowest BCUT2D eigenvalue weighted by molar-refractivity contribution is -0.124. The van der Waals surface area contributed by atoms with E-state index < -0.39 is 12.0 Å². The summed E-state index contributed by atoms with van der Waals surface area (Å²) < 4.78 is 0.877. The lowest BCUT2D eigenvalue weighted by Crippen LogP contribution is -2.21. The van der Waals surface area contributed by atoms with Crippen LogP contribution in [0.1, 0.15) is 17.2 Å². The van der Waals surface area contributed by atoms with Crippen molar-refractivity contribution in [2.75, 3.05) is 5.32 Å². The number of halogens is 1. The molecule has 0 aliphatic heterocycles. The van der Waals surface area contributed by atoms with Crippen molar-refractivity contribution in [3.8, 4) is 0 Å². The molecule has 4 heteroatoms. The Labute approximate surface area is 120 Å². The van der Waals surface area contributed by atoms with Gasteiger partial charge in [-0.05, 0) is 30.2 Å². The highest BCUT2D eigenvalue weighted by atomic mass is 79.9. The number of carbonyl (C=O) groups is 1. The predicted octanol–water partition coefficient (Wildman–Crippen LogP) is 3.43. The van der Waals surface area contributed by atoms with E-state index in [9.17, 15) is 9.90 Å². The van der Waals surface area contributed by atoms with Crippen LogP contribution < -0.4 is 5.32 Å². The fourth-order valence-electron chi connectivity index (χ4n) is 1.72. The standard InChI is InChI=1S/C15H14BrNO2/c1-10-7-8-12(16)9-13(10)17-15(19)14(18)11-5-3-2-4-6-11/h2-9,14,18H,1H3,(H,17,19). The minimum absolute atomic E-state index is 0.438. The molecule has 3 nitrogen and oxygen atoms in total. The smallest absolute Gasteiger partial charge is 0.257 e. The second-order valence-corrected chi connectivity index (χ2v) is 5.18. The van der Waals surface area contributed by atoms with Gasteiger partial charge in [-0.2, -0.15) is 0 Å². The number of amides is 1. The molecule has 0 aliphatic rings. The van der Waals surface area contributed by atoms with Gasteiger partial charge in [0.15, 0.2) is 6.10 Å². The third kappa shape index (κ3) is 3.43. The summed E-state index contributed by atoms with van der Waals surface area (Å²) in [5, 5.41) is 12.7. The first-order chi connectivity index (χ1) is 9.08. The first-order valence-corrected chi connectivity index (χ1v) is 6.67. The van der Waals surface area contributed by atoms with E-state index in [2.05, 4.69) is 21.2 Å². The summed E-state index contributed by atoms with van der Waals surface area (Å²) in [6, 6.07) is 14.5. The second kappa shape index (κ2) is 5.99. The molecular formula is C15H14BrNO2. The van der Waals surface area contributed by atoms with Gasteiger partial charge in [0.25, 0.3) is 5.91 Å². The maximum atomic E-state index is 12.0. The Balaban J connectivity index is 2.15. The molecule has 0 aromatic heterocycles. The van der Waals surface area contributed by atoms with E-state index in [0.717, 1.165) is 10.0 Å². The monoisotopic (exact) mass is 319 g/mol. The Bertz CT molecular complexity index is 584. The fourth-order valence-corrected chi connectivity index (χ4v) is 2.08. The molecule has 0 bridgehead atoms. The minimum atomic E-state index is -1.17. The zero-order valence-corrected chi connectivity index (χ0v) is 12.0. The SMILES string of the molecule is Cc1ccc(Br)cc1NC(=O)C(O)c1ccccc1. The number of aliphatic hydroxyl groups is 1. The largest absolute Gasteiger partial charge is 0.378 e. The Kier molecular flexibility index (Phi) is 4.35. The molecule has 1 unspecified atom stereocenters. The van der Waals surface area contributed by atoms with Gasteiger partial charge in [-0.25, -0.2) is 0 Å². The lowest BCUT2D eigenvalue weighted by Gasteiger charge is -2.13. The molecule has 0 aliphatic carbocycles. The number of carbonyl (C=O) groups excluding carboxylic acids is 1. The molecule has 0 saturated heterocycles. The number of anilines is 1. The molecule has 0 radical (unpaired) electrons. The maximum absolute atomic E-state index is 12.0. The van der Waals surface area contributed by atoms with Crippen molar-refractivity contribution < 1.29 is 9.90 Å².